The van der Waals surface area contributed by atoms with Crippen LogP contribution in [0.25, 0.3) is 44.5 Å². The van der Waals surface area contributed by atoms with Gasteiger partial charge in [0.05, 0.1) is 5.69 Å². The molecule has 0 heterocycles. The molecule has 1 heteroatoms. The quantitative estimate of drug-likeness (QED) is 0.149. The van der Waals surface area contributed by atoms with Crippen molar-refractivity contribution in [3.63, 3.8) is 0 Å². The van der Waals surface area contributed by atoms with Crippen molar-refractivity contribution in [1.82, 2.24) is 0 Å². The molecule has 0 saturated heterocycles. The van der Waals surface area contributed by atoms with Crippen molar-refractivity contribution in [3.8, 4) is 44.5 Å². The molecule has 7 aromatic rings. The highest BCUT2D eigenvalue weighted by Gasteiger charge is 2.40. The van der Waals surface area contributed by atoms with E-state index >= 15 is 0 Å². The summed E-state index contributed by atoms with van der Waals surface area (Å²) in [7, 11) is 0. The molecule has 4 aliphatic carbocycles. The van der Waals surface area contributed by atoms with Gasteiger partial charge in [0.15, 0.2) is 0 Å². The van der Waals surface area contributed by atoms with Crippen molar-refractivity contribution in [2.45, 2.75) is 88.9 Å². The number of hydrogen-bond acceptors (Lipinski definition) is 1. The Morgan fingerprint density at radius 2 is 1.05 bits per heavy atom. The molecule has 292 valence electrons. The summed E-state index contributed by atoms with van der Waals surface area (Å²) in [4.78, 5) is 2.54. The summed E-state index contributed by atoms with van der Waals surface area (Å²) in [6.07, 6.45) is 12.4. The first kappa shape index (κ1) is 36.4. The van der Waals surface area contributed by atoms with Crippen molar-refractivity contribution in [2.24, 2.45) is 11.8 Å². The van der Waals surface area contributed by atoms with Crippen LogP contribution in [0.15, 0.2) is 164 Å². The Balaban J connectivity index is 1.07. The molecule has 59 heavy (non-hydrogen) atoms. The number of hydrogen-bond donors (Lipinski definition) is 0. The molecule has 3 saturated carbocycles. The lowest BCUT2D eigenvalue weighted by Gasteiger charge is -2.31. The molecular weight excluding hydrogens is 711 g/mol. The smallest absolute Gasteiger partial charge is 0.0543 e. The number of benzene rings is 7. The Kier molecular flexibility index (Phi) is 9.18. The third kappa shape index (κ3) is 6.46. The van der Waals surface area contributed by atoms with Crippen LogP contribution in [0.4, 0.5) is 17.1 Å². The number of fused-ring (bicyclic) bond motifs is 5. The summed E-state index contributed by atoms with van der Waals surface area (Å²) in [6.45, 7) is 4.80. The van der Waals surface area contributed by atoms with Crippen molar-refractivity contribution >= 4 is 17.1 Å². The van der Waals surface area contributed by atoms with Gasteiger partial charge in [0.25, 0.3) is 0 Å². The molecule has 0 radical (unpaired) electrons. The minimum Gasteiger partial charge on any atom is -0.310 e. The van der Waals surface area contributed by atoms with Crippen LogP contribution in [0.3, 0.4) is 0 Å². The van der Waals surface area contributed by atoms with Gasteiger partial charge in [-0.2, -0.15) is 0 Å². The molecule has 0 spiro atoms. The third-order valence-electron chi connectivity index (χ3n) is 15.0. The normalized spacial score (nSPS) is 20.3. The second kappa shape index (κ2) is 14.9. The van der Waals surface area contributed by atoms with E-state index in [2.05, 4.69) is 183 Å². The minimum absolute atomic E-state index is 0.136. The summed E-state index contributed by atoms with van der Waals surface area (Å²) in [5.41, 5.74) is 19.5. The Hall–Kier alpha value is -5.66. The molecule has 0 aromatic heterocycles. The van der Waals surface area contributed by atoms with E-state index in [1.54, 1.807) is 5.56 Å². The lowest BCUT2D eigenvalue weighted by Crippen LogP contribution is -2.17. The molecule has 11 rings (SSSR count). The van der Waals surface area contributed by atoms with Gasteiger partial charge in [0.1, 0.15) is 0 Å². The van der Waals surface area contributed by atoms with Crippen LogP contribution in [0.5, 0.6) is 0 Å². The van der Waals surface area contributed by atoms with Crippen LogP contribution >= 0.6 is 0 Å². The van der Waals surface area contributed by atoms with Crippen LogP contribution in [0.1, 0.15) is 106 Å². The topological polar surface area (TPSA) is 3.24 Å². The van der Waals surface area contributed by atoms with Gasteiger partial charge >= 0.3 is 0 Å². The molecule has 0 N–H and O–H groups in total. The summed E-state index contributed by atoms with van der Waals surface area (Å²) in [6, 6.07) is 62.6. The predicted molar refractivity (Wildman–Crippen MR) is 249 cm³/mol. The van der Waals surface area contributed by atoms with Gasteiger partial charge in [-0.25, -0.2) is 0 Å². The number of anilines is 3. The van der Waals surface area contributed by atoms with Crippen molar-refractivity contribution in [3.05, 3.63) is 186 Å². The monoisotopic (exact) mass is 765 g/mol. The van der Waals surface area contributed by atoms with Gasteiger partial charge in [-0.1, -0.05) is 167 Å². The molecule has 7 aromatic carbocycles. The van der Waals surface area contributed by atoms with Gasteiger partial charge in [0, 0.05) is 22.4 Å². The first-order valence-electron chi connectivity index (χ1n) is 22.5. The molecule has 4 aliphatic rings. The predicted octanol–water partition coefficient (Wildman–Crippen LogP) is 16.4. The lowest BCUT2D eigenvalue weighted by molar-refractivity contribution is 0.420. The highest BCUT2D eigenvalue weighted by Crippen LogP contribution is 2.55. The largest absolute Gasteiger partial charge is 0.310 e. The maximum absolute atomic E-state index is 2.54. The number of rotatable bonds is 8. The zero-order chi connectivity index (χ0) is 39.5. The van der Waals surface area contributed by atoms with Crippen molar-refractivity contribution in [2.75, 3.05) is 4.90 Å². The second-order valence-corrected chi connectivity index (χ2v) is 18.7. The van der Waals surface area contributed by atoms with E-state index in [0.717, 1.165) is 17.8 Å². The molecule has 3 atom stereocenters. The van der Waals surface area contributed by atoms with E-state index in [1.165, 1.54) is 136 Å². The average molecular weight is 766 g/mol. The highest BCUT2D eigenvalue weighted by atomic mass is 15.1. The van der Waals surface area contributed by atoms with Crippen LogP contribution in [-0.4, -0.2) is 0 Å². The van der Waals surface area contributed by atoms with Crippen LogP contribution in [-0.2, 0) is 5.41 Å². The Labute approximate surface area is 351 Å². The van der Waals surface area contributed by atoms with Crippen LogP contribution in [0.2, 0.25) is 0 Å². The number of nitrogens with zero attached hydrogens (tertiary/aromatic N) is 1. The Morgan fingerprint density at radius 3 is 1.73 bits per heavy atom. The molecular formula is C58H55N. The molecule has 1 nitrogen and oxygen atoms in total. The fourth-order valence-corrected chi connectivity index (χ4v) is 11.9. The van der Waals surface area contributed by atoms with E-state index in [0.29, 0.717) is 5.92 Å². The summed E-state index contributed by atoms with van der Waals surface area (Å²) in [5.74, 6) is 3.28. The summed E-state index contributed by atoms with van der Waals surface area (Å²) < 4.78 is 0. The van der Waals surface area contributed by atoms with Crippen molar-refractivity contribution in [1.29, 1.82) is 0 Å². The molecule has 0 amide bonds. The van der Waals surface area contributed by atoms with Gasteiger partial charge in [0.2, 0.25) is 0 Å². The molecule has 2 bridgehead atoms. The molecule has 3 unspecified atom stereocenters. The highest BCUT2D eigenvalue weighted by molar-refractivity contribution is 5.98. The summed E-state index contributed by atoms with van der Waals surface area (Å²) >= 11 is 0. The van der Waals surface area contributed by atoms with Crippen molar-refractivity contribution < 1.29 is 0 Å². The fourth-order valence-electron chi connectivity index (χ4n) is 11.9. The second-order valence-electron chi connectivity index (χ2n) is 18.7. The summed E-state index contributed by atoms with van der Waals surface area (Å²) in [5, 5.41) is 0. The standard InChI is InChI=1S/C58H55N/c1-58(2)55-20-12-11-19-51(55)53-37-54(50-18-10-9-17-49(50)44-15-7-4-8-16-44)57(38-56(53)58)59(47-31-27-42(28-32-47)40-13-5-3-6-14-40)48-33-29-43(30-34-48)41-23-25-45(26-24-41)52-36-39-21-22-46(52)35-39/h4,7-12,15-20,23-34,37-40,46,52H,3,5-6,13-14,21-22,35-36H2,1-2H3. The van der Waals surface area contributed by atoms with Crippen LogP contribution < -0.4 is 4.90 Å². The zero-order valence-electron chi connectivity index (χ0n) is 34.7. The maximum Gasteiger partial charge on any atom is 0.0543 e. The van der Waals surface area contributed by atoms with E-state index < -0.39 is 0 Å². The van der Waals surface area contributed by atoms with E-state index in [4.69, 9.17) is 0 Å². The third-order valence-corrected chi connectivity index (χ3v) is 15.0. The Bertz CT molecular complexity index is 2610. The average Bonchev–Trinajstić information content (AvgIpc) is 4.00. The van der Waals surface area contributed by atoms with E-state index in [1.807, 2.05) is 0 Å². The van der Waals surface area contributed by atoms with Gasteiger partial charge in [-0.15, -0.1) is 0 Å². The fraction of sp³-hybridized carbons (Fsp3) is 0.276. The molecule has 0 aliphatic heterocycles. The first-order valence-corrected chi connectivity index (χ1v) is 22.5. The van der Waals surface area contributed by atoms with Gasteiger partial charge in [-0.05, 0) is 153 Å². The maximum atomic E-state index is 2.54. The van der Waals surface area contributed by atoms with E-state index in [-0.39, 0.29) is 5.41 Å². The van der Waals surface area contributed by atoms with Gasteiger partial charge < -0.3 is 4.90 Å². The SMILES string of the molecule is CC1(C)c2ccccc2-c2cc(-c3ccccc3-c3ccccc3)c(N(c3ccc(-c4ccc(C5CC6CCC5C6)cc4)cc3)c3ccc(C4CCCCC4)cc3)cc21. The molecule has 3 fully saturated rings. The minimum atomic E-state index is -0.136. The lowest BCUT2D eigenvalue weighted by atomic mass is 9.81. The first-order chi connectivity index (χ1) is 29.0. The zero-order valence-corrected chi connectivity index (χ0v) is 34.7. The van der Waals surface area contributed by atoms with Gasteiger partial charge in [-0.3, -0.25) is 0 Å². The Morgan fingerprint density at radius 1 is 0.441 bits per heavy atom. The van der Waals surface area contributed by atoms with E-state index in [9.17, 15) is 0 Å². The van der Waals surface area contributed by atoms with Crippen LogP contribution in [0, 0.1) is 11.8 Å².